The molecule has 0 N–H and O–H groups in total. The first-order valence-corrected chi connectivity index (χ1v) is 13.7. The van der Waals surface area contributed by atoms with Crippen molar-refractivity contribution in [1.29, 1.82) is 0 Å². The minimum Gasteiger partial charge on any atom is -0.389 e. The third-order valence-electron chi connectivity index (χ3n) is 6.79. The van der Waals surface area contributed by atoms with E-state index in [2.05, 4.69) is 16.7 Å². The van der Waals surface area contributed by atoms with E-state index in [4.69, 9.17) is 4.74 Å². The Morgan fingerprint density at radius 1 is 0.816 bits per heavy atom. The van der Waals surface area contributed by atoms with E-state index in [0.717, 1.165) is 19.3 Å². The normalized spacial score (nSPS) is 16.6. The van der Waals surface area contributed by atoms with Crippen LogP contribution in [0, 0.1) is 0 Å². The van der Waals surface area contributed by atoms with Crippen LogP contribution in [0.5, 0.6) is 0 Å². The van der Waals surface area contributed by atoms with Crippen molar-refractivity contribution in [3.05, 3.63) is 35.9 Å². The van der Waals surface area contributed by atoms with Crippen LogP contribution in [0.25, 0.3) is 0 Å². The number of ether oxygens (including phenoxy) is 1. The van der Waals surface area contributed by atoms with Crippen LogP contribution in [0.15, 0.2) is 30.3 Å². The van der Waals surface area contributed by atoms with Gasteiger partial charge in [-0.2, -0.15) is 0 Å². The van der Waals surface area contributed by atoms with Crippen LogP contribution < -0.4 is 0 Å². The molecular formula is C29H43N3O6. The number of hydrogen-bond acceptors (Lipinski definition) is 9. The van der Waals surface area contributed by atoms with Crippen LogP contribution in [0.1, 0.15) is 69.7 Å². The number of ketones is 3. The zero-order chi connectivity index (χ0) is 27.9. The number of benzene rings is 1. The minimum absolute atomic E-state index is 0.0620. The Morgan fingerprint density at radius 2 is 1.42 bits per heavy atom. The molecule has 210 valence electrons. The summed E-state index contributed by atoms with van der Waals surface area (Å²) in [6.07, 6.45) is 3.69. The van der Waals surface area contributed by atoms with Gasteiger partial charge in [-0.1, -0.05) is 38.0 Å². The van der Waals surface area contributed by atoms with E-state index in [1.165, 1.54) is 6.92 Å². The summed E-state index contributed by atoms with van der Waals surface area (Å²) in [6, 6.07) is 7.76. The summed E-state index contributed by atoms with van der Waals surface area (Å²) < 4.78 is 4.98. The topological polar surface area (TPSA) is 104 Å². The molecule has 9 nitrogen and oxygen atoms in total. The van der Waals surface area contributed by atoms with Crippen molar-refractivity contribution in [2.24, 2.45) is 0 Å². The van der Waals surface area contributed by atoms with Gasteiger partial charge >= 0.3 is 11.9 Å². The van der Waals surface area contributed by atoms with Crippen molar-refractivity contribution in [2.75, 3.05) is 52.4 Å². The van der Waals surface area contributed by atoms with Gasteiger partial charge in [-0.25, -0.2) is 4.79 Å². The molecular weight excluding hydrogens is 486 g/mol. The number of hydrogen-bond donors (Lipinski definition) is 0. The lowest BCUT2D eigenvalue weighted by atomic mass is 10.1. The summed E-state index contributed by atoms with van der Waals surface area (Å²) in [7, 11) is 0. The standard InChI is InChI=1S/C29H43N3O6/c1-4-5-7-12-26(35)22-31-16-15-30(21-23(2)33)17-19-32(20-18-31)27(24(3)34)13-14-28(36)38-29(37)25-10-8-6-9-11-25/h6,8-11,27H,4-5,7,12-22H2,1-3H3. The molecule has 0 spiro atoms. The summed E-state index contributed by atoms with van der Waals surface area (Å²) in [5.74, 6) is -1.20. The average molecular weight is 530 g/mol. The summed E-state index contributed by atoms with van der Waals surface area (Å²) in [6.45, 7) is 9.46. The van der Waals surface area contributed by atoms with Crippen molar-refractivity contribution in [3.63, 3.8) is 0 Å². The molecule has 1 aromatic carbocycles. The number of rotatable bonds is 14. The summed E-state index contributed by atoms with van der Waals surface area (Å²) in [4.78, 5) is 67.8. The molecule has 0 saturated carbocycles. The van der Waals surface area contributed by atoms with Crippen molar-refractivity contribution in [1.82, 2.24) is 14.7 Å². The van der Waals surface area contributed by atoms with E-state index in [-0.39, 0.29) is 30.2 Å². The molecule has 9 heteroatoms. The van der Waals surface area contributed by atoms with Gasteiger partial charge < -0.3 is 4.74 Å². The van der Waals surface area contributed by atoms with Crippen LogP contribution in [0.2, 0.25) is 0 Å². The second-order valence-corrected chi connectivity index (χ2v) is 10.1. The number of Topliss-reactive ketones (excluding diaryl/α,β-unsaturated/α-hetero) is 3. The number of nitrogens with zero attached hydrogens (tertiary/aromatic N) is 3. The lowest BCUT2D eigenvalue weighted by molar-refractivity contribution is -0.138. The third kappa shape index (κ3) is 11.8. The highest BCUT2D eigenvalue weighted by atomic mass is 16.6. The van der Waals surface area contributed by atoms with Crippen LogP contribution in [0.3, 0.4) is 0 Å². The largest absolute Gasteiger partial charge is 0.389 e. The Hall–Kier alpha value is -2.75. The number of carbonyl (C=O) groups excluding carboxylic acids is 5. The van der Waals surface area contributed by atoms with E-state index in [0.29, 0.717) is 64.3 Å². The minimum atomic E-state index is -0.711. The molecule has 1 heterocycles. The molecule has 0 amide bonds. The molecule has 0 radical (unpaired) electrons. The molecule has 1 aromatic rings. The van der Waals surface area contributed by atoms with Gasteiger partial charge in [-0.3, -0.25) is 33.9 Å². The number of carbonyl (C=O) groups is 5. The molecule has 0 aliphatic carbocycles. The van der Waals surface area contributed by atoms with Gasteiger partial charge in [0.15, 0.2) is 0 Å². The van der Waals surface area contributed by atoms with E-state index in [9.17, 15) is 24.0 Å². The second kappa shape index (κ2) is 17.0. The molecule has 38 heavy (non-hydrogen) atoms. The molecule has 1 fully saturated rings. The van der Waals surface area contributed by atoms with Gasteiger partial charge in [0.25, 0.3) is 0 Å². The predicted molar refractivity (Wildman–Crippen MR) is 145 cm³/mol. The van der Waals surface area contributed by atoms with Crippen molar-refractivity contribution in [2.45, 2.75) is 65.3 Å². The number of unbranched alkanes of at least 4 members (excludes halogenated alkanes) is 2. The van der Waals surface area contributed by atoms with E-state index in [1.54, 1.807) is 37.3 Å². The maximum Gasteiger partial charge on any atom is 0.345 e. The maximum absolute atomic E-state index is 12.7. The first kappa shape index (κ1) is 31.5. The maximum atomic E-state index is 12.7. The molecule has 1 unspecified atom stereocenters. The highest BCUT2D eigenvalue weighted by Gasteiger charge is 2.27. The van der Waals surface area contributed by atoms with Gasteiger partial charge in [0.1, 0.15) is 17.3 Å². The lowest BCUT2D eigenvalue weighted by Crippen LogP contribution is -2.46. The Labute approximate surface area is 226 Å². The van der Waals surface area contributed by atoms with Gasteiger partial charge in [0, 0.05) is 52.1 Å². The molecule has 1 aliphatic heterocycles. The summed E-state index contributed by atoms with van der Waals surface area (Å²) in [5, 5.41) is 0. The number of esters is 2. The van der Waals surface area contributed by atoms with Crippen LogP contribution in [0.4, 0.5) is 0 Å². The zero-order valence-corrected chi connectivity index (χ0v) is 23.2. The highest BCUT2D eigenvalue weighted by Crippen LogP contribution is 2.13. The fourth-order valence-corrected chi connectivity index (χ4v) is 4.69. The van der Waals surface area contributed by atoms with Gasteiger partial charge in [-0.05, 0) is 38.8 Å². The fraction of sp³-hybridized carbons (Fsp3) is 0.621. The zero-order valence-electron chi connectivity index (χ0n) is 23.2. The smallest absolute Gasteiger partial charge is 0.345 e. The Balaban J connectivity index is 2.04. The van der Waals surface area contributed by atoms with Crippen molar-refractivity contribution in [3.8, 4) is 0 Å². The molecule has 0 aromatic heterocycles. The lowest BCUT2D eigenvalue weighted by Gasteiger charge is -2.31. The van der Waals surface area contributed by atoms with E-state index in [1.807, 2.05) is 4.90 Å². The fourth-order valence-electron chi connectivity index (χ4n) is 4.69. The molecule has 2 rings (SSSR count). The molecule has 1 saturated heterocycles. The van der Waals surface area contributed by atoms with E-state index >= 15 is 0 Å². The van der Waals surface area contributed by atoms with Crippen molar-refractivity contribution < 1.29 is 28.7 Å². The van der Waals surface area contributed by atoms with Gasteiger partial charge in [-0.15, -0.1) is 0 Å². The van der Waals surface area contributed by atoms with Crippen LogP contribution >= 0.6 is 0 Å². The van der Waals surface area contributed by atoms with Crippen LogP contribution in [-0.2, 0) is 23.9 Å². The SMILES string of the molecule is CCCCCC(=O)CN1CCN(CC(C)=O)CCN(C(CCC(=O)OC(=O)c2ccccc2)C(C)=O)CC1. The predicted octanol–water partition coefficient (Wildman–Crippen LogP) is 2.77. The molecule has 0 bridgehead atoms. The Morgan fingerprint density at radius 3 is 2.00 bits per heavy atom. The average Bonchev–Trinajstić information content (AvgIpc) is 2.96. The Kier molecular flexibility index (Phi) is 14.0. The monoisotopic (exact) mass is 529 g/mol. The first-order valence-electron chi connectivity index (χ1n) is 13.7. The summed E-state index contributed by atoms with van der Waals surface area (Å²) in [5.41, 5.74) is 0.291. The Bertz CT molecular complexity index is 936. The van der Waals surface area contributed by atoms with Gasteiger partial charge in [0.2, 0.25) is 0 Å². The quantitative estimate of drug-likeness (QED) is 0.204. The highest BCUT2D eigenvalue weighted by molar-refractivity contribution is 5.96. The molecule has 1 aliphatic rings. The second-order valence-electron chi connectivity index (χ2n) is 10.1. The van der Waals surface area contributed by atoms with Gasteiger partial charge in [0.05, 0.1) is 24.7 Å². The van der Waals surface area contributed by atoms with Crippen molar-refractivity contribution >= 4 is 29.3 Å². The summed E-state index contributed by atoms with van der Waals surface area (Å²) >= 11 is 0. The molecule has 1 atom stereocenters. The first-order chi connectivity index (χ1) is 18.2. The van der Waals surface area contributed by atoms with E-state index < -0.39 is 18.0 Å². The van der Waals surface area contributed by atoms with Crippen LogP contribution in [-0.4, -0.2) is 102 Å². The third-order valence-corrected chi connectivity index (χ3v) is 6.79.